The number of hydrogen-bond donors (Lipinski definition) is 2. The molecule has 148 valence electrons. The molecule has 0 saturated heterocycles. The minimum atomic E-state index is -4.01. The largest absolute Gasteiger partial charge is 0.497 e. The average Bonchev–Trinajstić information content (AvgIpc) is 3.17. The van der Waals surface area contributed by atoms with E-state index in [9.17, 15) is 13.2 Å². The summed E-state index contributed by atoms with van der Waals surface area (Å²) >= 11 is 0. The van der Waals surface area contributed by atoms with Crippen LogP contribution in [-0.4, -0.2) is 43.8 Å². The molecule has 0 aliphatic carbocycles. The summed E-state index contributed by atoms with van der Waals surface area (Å²) in [6.45, 7) is 0.0467. The summed E-state index contributed by atoms with van der Waals surface area (Å²) in [6.07, 6.45) is 0.0910. The van der Waals surface area contributed by atoms with Crippen LogP contribution >= 0.6 is 0 Å². The summed E-state index contributed by atoms with van der Waals surface area (Å²) in [4.78, 5) is 12.3. The predicted octanol–water partition coefficient (Wildman–Crippen LogP) is 1.04. The van der Waals surface area contributed by atoms with Gasteiger partial charge in [0.15, 0.2) is 11.5 Å². The van der Waals surface area contributed by atoms with Crippen LogP contribution in [-0.2, 0) is 27.8 Å². The maximum Gasteiger partial charge on any atom is 0.262 e. The van der Waals surface area contributed by atoms with Crippen LogP contribution in [0.1, 0.15) is 11.1 Å². The number of hydrogen-bond acceptors (Lipinski definition) is 7. The highest BCUT2D eigenvalue weighted by Crippen LogP contribution is 2.39. The Bertz CT molecular complexity index is 1020. The fourth-order valence-electron chi connectivity index (χ4n) is 3.39. The van der Waals surface area contributed by atoms with Crippen molar-refractivity contribution in [1.29, 1.82) is 0 Å². The Kier molecular flexibility index (Phi) is 4.61. The third-order valence-corrected chi connectivity index (χ3v) is 6.73. The Labute approximate surface area is 161 Å². The molecule has 2 aliphatic heterocycles. The van der Waals surface area contributed by atoms with E-state index in [-0.39, 0.29) is 24.7 Å². The Balaban J connectivity index is 1.75. The molecule has 0 bridgehead atoms. The van der Waals surface area contributed by atoms with Crippen molar-refractivity contribution < 1.29 is 32.6 Å². The van der Waals surface area contributed by atoms with E-state index in [0.29, 0.717) is 22.8 Å². The zero-order valence-corrected chi connectivity index (χ0v) is 15.7. The van der Waals surface area contributed by atoms with Crippen LogP contribution in [0.2, 0.25) is 0 Å². The quantitative estimate of drug-likeness (QED) is 0.576. The number of sulfonamides is 1. The van der Waals surface area contributed by atoms with Crippen molar-refractivity contribution in [3.05, 3.63) is 47.5 Å². The van der Waals surface area contributed by atoms with E-state index in [4.69, 9.17) is 19.4 Å². The molecule has 0 radical (unpaired) electrons. The molecule has 1 unspecified atom stereocenters. The lowest BCUT2D eigenvalue weighted by atomic mass is 9.95. The maximum atomic E-state index is 13.2. The normalized spacial score (nSPS) is 18.4. The Morgan fingerprint density at radius 3 is 2.43 bits per heavy atom. The molecular weight excluding hydrogens is 388 g/mol. The highest BCUT2D eigenvalue weighted by atomic mass is 32.2. The number of benzene rings is 2. The van der Waals surface area contributed by atoms with E-state index in [2.05, 4.69) is 0 Å². The van der Waals surface area contributed by atoms with Crippen molar-refractivity contribution in [3.8, 4) is 17.2 Å². The van der Waals surface area contributed by atoms with E-state index >= 15 is 0 Å². The maximum absolute atomic E-state index is 13.2. The number of amides is 1. The lowest BCUT2D eigenvalue weighted by Gasteiger charge is -2.34. The van der Waals surface area contributed by atoms with Gasteiger partial charge in [-0.15, -0.1) is 0 Å². The lowest BCUT2D eigenvalue weighted by Crippen LogP contribution is -2.51. The summed E-state index contributed by atoms with van der Waals surface area (Å²) in [5.74, 6) is 0.791. The van der Waals surface area contributed by atoms with Gasteiger partial charge in [-0.25, -0.2) is 13.9 Å². The number of carbonyl (C=O) groups is 1. The van der Waals surface area contributed by atoms with Gasteiger partial charge in [0.2, 0.25) is 16.8 Å². The third kappa shape index (κ3) is 3.05. The van der Waals surface area contributed by atoms with Gasteiger partial charge in [-0.2, -0.15) is 4.31 Å². The van der Waals surface area contributed by atoms with Gasteiger partial charge in [0, 0.05) is 6.54 Å². The molecule has 2 aliphatic rings. The number of methoxy groups -OCH3 is 1. The number of hydroxylamine groups is 1. The second-order valence-electron chi connectivity index (χ2n) is 6.40. The second kappa shape index (κ2) is 6.97. The molecule has 0 aromatic heterocycles. The van der Waals surface area contributed by atoms with Gasteiger partial charge in [0.1, 0.15) is 11.8 Å². The molecule has 2 aromatic carbocycles. The first kappa shape index (κ1) is 18.5. The zero-order valence-electron chi connectivity index (χ0n) is 14.9. The van der Waals surface area contributed by atoms with Gasteiger partial charge >= 0.3 is 0 Å². The lowest BCUT2D eigenvalue weighted by molar-refractivity contribution is -0.133. The molecule has 9 nitrogen and oxygen atoms in total. The monoisotopic (exact) mass is 406 g/mol. The van der Waals surface area contributed by atoms with Gasteiger partial charge in [-0.3, -0.25) is 10.0 Å². The van der Waals surface area contributed by atoms with Crippen molar-refractivity contribution in [2.45, 2.75) is 23.9 Å². The Hall–Kier alpha value is -2.82. The number of ether oxygens (including phenoxy) is 3. The van der Waals surface area contributed by atoms with Crippen LogP contribution < -0.4 is 19.7 Å². The molecule has 1 amide bonds. The Morgan fingerprint density at radius 2 is 1.82 bits per heavy atom. The molecule has 2 heterocycles. The molecule has 0 fully saturated rings. The number of rotatable bonds is 4. The van der Waals surface area contributed by atoms with E-state index < -0.39 is 22.0 Å². The molecular formula is C18H18N2O7S. The van der Waals surface area contributed by atoms with Crippen LogP contribution in [0.4, 0.5) is 0 Å². The molecule has 4 rings (SSSR count). The van der Waals surface area contributed by atoms with Gasteiger partial charge in [-0.05, 0) is 53.9 Å². The smallest absolute Gasteiger partial charge is 0.262 e. The van der Waals surface area contributed by atoms with Crippen LogP contribution in [0.3, 0.4) is 0 Å². The molecule has 10 heteroatoms. The summed E-state index contributed by atoms with van der Waals surface area (Å²) in [6, 6.07) is 8.25. The minimum absolute atomic E-state index is 0.0215. The van der Waals surface area contributed by atoms with Crippen molar-refractivity contribution in [1.82, 2.24) is 9.79 Å². The minimum Gasteiger partial charge on any atom is -0.497 e. The fraction of sp³-hybridized carbons (Fsp3) is 0.278. The van der Waals surface area contributed by atoms with E-state index in [0.717, 1.165) is 9.87 Å². The fourth-order valence-corrected chi connectivity index (χ4v) is 4.95. The number of nitrogens with zero attached hydrogens (tertiary/aromatic N) is 1. The van der Waals surface area contributed by atoms with Crippen molar-refractivity contribution >= 4 is 15.9 Å². The highest BCUT2D eigenvalue weighted by Gasteiger charge is 2.40. The van der Waals surface area contributed by atoms with E-state index in [1.54, 1.807) is 17.6 Å². The molecule has 0 saturated carbocycles. The van der Waals surface area contributed by atoms with Crippen molar-refractivity contribution in [2.75, 3.05) is 13.9 Å². The number of carbonyl (C=O) groups excluding carboxylic acids is 1. The van der Waals surface area contributed by atoms with Crippen LogP contribution in [0.25, 0.3) is 0 Å². The standard InChI is InChI=1S/C18H18N2O7S/c1-25-13-2-4-14(5-3-13)28(23,24)20-9-12-8-17-16(26-10-27-17)7-11(12)6-15(20)18(21)19-22/h2-5,7-8,15,22H,6,9-10H2,1H3,(H,19,21). The number of fused-ring (bicyclic) bond motifs is 2. The molecule has 2 N–H and O–H groups in total. The molecule has 0 spiro atoms. The van der Waals surface area contributed by atoms with Gasteiger partial charge in [-0.1, -0.05) is 0 Å². The van der Waals surface area contributed by atoms with Gasteiger partial charge in [0.25, 0.3) is 5.91 Å². The summed E-state index contributed by atoms with van der Waals surface area (Å²) < 4.78 is 43.3. The van der Waals surface area contributed by atoms with Crippen LogP contribution in [0, 0.1) is 0 Å². The van der Waals surface area contributed by atoms with Gasteiger partial charge in [0.05, 0.1) is 12.0 Å². The predicted molar refractivity (Wildman–Crippen MR) is 95.7 cm³/mol. The average molecular weight is 406 g/mol. The topological polar surface area (TPSA) is 114 Å². The first-order valence-electron chi connectivity index (χ1n) is 8.45. The second-order valence-corrected chi connectivity index (χ2v) is 8.29. The van der Waals surface area contributed by atoms with Crippen molar-refractivity contribution in [3.63, 3.8) is 0 Å². The van der Waals surface area contributed by atoms with E-state index in [1.165, 1.54) is 31.4 Å². The number of nitrogens with one attached hydrogen (secondary N) is 1. The SMILES string of the molecule is COc1ccc(S(=O)(=O)N2Cc3cc4c(cc3CC2C(=O)NO)OCO4)cc1. The first-order chi connectivity index (χ1) is 13.4. The van der Waals surface area contributed by atoms with Crippen LogP contribution in [0.5, 0.6) is 17.2 Å². The van der Waals surface area contributed by atoms with Gasteiger partial charge < -0.3 is 14.2 Å². The van der Waals surface area contributed by atoms with Crippen LogP contribution in [0.15, 0.2) is 41.3 Å². The molecule has 2 aromatic rings. The molecule has 1 atom stereocenters. The summed E-state index contributed by atoms with van der Waals surface area (Å²) in [5, 5.41) is 9.13. The third-order valence-electron chi connectivity index (χ3n) is 4.86. The summed E-state index contributed by atoms with van der Waals surface area (Å²) in [5.41, 5.74) is 3.04. The Morgan fingerprint density at radius 1 is 1.18 bits per heavy atom. The van der Waals surface area contributed by atoms with E-state index in [1.807, 2.05) is 0 Å². The zero-order chi connectivity index (χ0) is 19.9. The highest BCUT2D eigenvalue weighted by molar-refractivity contribution is 7.89. The molecule has 28 heavy (non-hydrogen) atoms. The summed E-state index contributed by atoms with van der Waals surface area (Å²) in [7, 11) is -2.53. The van der Waals surface area contributed by atoms with Crippen molar-refractivity contribution in [2.24, 2.45) is 0 Å². The first-order valence-corrected chi connectivity index (χ1v) is 9.89.